The van der Waals surface area contributed by atoms with Crippen LogP contribution >= 0.6 is 0 Å². The highest BCUT2D eigenvalue weighted by Crippen LogP contribution is 2.41. The molecule has 2 saturated carbocycles. The van der Waals surface area contributed by atoms with Crippen LogP contribution in [-0.4, -0.2) is 12.6 Å². The monoisotopic (exact) mass is 275 g/mol. The average Bonchev–Trinajstić information content (AvgIpc) is 3.30. The van der Waals surface area contributed by atoms with Crippen LogP contribution in [0.2, 0.25) is 0 Å². The van der Waals surface area contributed by atoms with Gasteiger partial charge in [-0.3, -0.25) is 0 Å². The van der Waals surface area contributed by atoms with Gasteiger partial charge < -0.3 is 5.32 Å². The van der Waals surface area contributed by atoms with E-state index in [0.29, 0.717) is 5.92 Å². The molecule has 1 nitrogen and oxygen atoms in total. The van der Waals surface area contributed by atoms with Crippen molar-refractivity contribution < 1.29 is 4.39 Å². The molecule has 3 unspecified atom stereocenters. The maximum Gasteiger partial charge on any atom is 0.123 e. The van der Waals surface area contributed by atoms with Crippen molar-refractivity contribution in [3.8, 4) is 0 Å². The summed E-state index contributed by atoms with van der Waals surface area (Å²) in [5, 5.41) is 3.70. The van der Waals surface area contributed by atoms with Gasteiger partial charge in [0, 0.05) is 6.04 Å². The lowest BCUT2D eigenvalue weighted by molar-refractivity contribution is 0.225. The van der Waals surface area contributed by atoms with Gasteiger partial charge in [-0.1, -0.05) is 31.9 Å². The summed E-state index contributed by atoms with van der Waals surface area (Å²) < 4.78 is 13.1. The molecule has 0 heterocycles. The molecule has 0 saturated heterocycles. The highest BCUT2D eigenvalue weighted by atomic mass is 19.1. The molecule has 0 spiro atoms. The summed E-state index contributed by atoms with van der Waals surface area (Å²) in [6.07, 6.45) is 7.95. The van der Waals surface area contributed by atoms with E-state index in [1.807, 2.05) is 12.1 Å². The molecular formula is C18H26FN. The van der Waals surface area contributed by atoms with Gasteiger partial charge in [-0.15, -0.1) is 0 Å². The highest BCUT2D eigenvalue weighted by Gasteiger charge is 2.32. The summed E-state index contributed by atoms with van der Waals surface area (Å²) in [4.78, 5) is 0. The van der Waals surface area contributed by atoms with Crippen LogP contribution in [0.4, 0.5) is 4.39 Å². The number of hydrogen-bond donors (Lipinski definition) is 1. The van der Waals surface area contributed by atoms with Crippen molar-refractivity contribution in [2.24, 2.45) is 11.8 Å². The topological polar surface area (TPSA) is 12.0 Å². The fraction of sp³-hybridized carbons (Fsp3) is 0.667. The molecule has 1 N–H and O–H groups in total. The largest absolute Gasteiger partial charge is 0.314 e. The van der Waals surface area contributed by atoms with Gasteiger partial charge in [-0.05, 0) is 67.7 Å². The van der Waals surface area contributed by atoms with Crippen LogP contribution in [0.15, 0.2) is 24.3 Å². The summed E-state index contributed by atoms with van der Waals surface area (Å²) in [5.41, 5.74) is 1.34. The van der Waals surface area contributed by atoms with Crippen LogP contribution in [-0.2, 0) is 0 Å². The molecule has 0 aliphatic heterocycles. The van der Waals surface area contributed by atoms with E-state index in [0.717, 1.165) is 24.4 Å². The van der Waals surface area contributed by atoms with E-state index in [9.17, 15) is 4.39 Å². The van der Waals surface area contributed by atoms with Crippen molar-refractivity contribution >= 4 is 0 Å². The zero-order valence-electron chi connectivity index (χ0n) is 12.4. The molecule has 2 aliphatic carbocycles. The molecule has 0 amide bonds. The summed E-state index contributed by atoms with van der Waals surface area (Å²) in [5.74, 6) is 2.07. The van der Waals surface area contributed by atoms with Crippen LogP contribution in [0.1, 0.15) is 56.9 Å². The van der Waals surface area contributed by atoms with Crippen molar-refractivity contribution in [3.63, 3.8) is 0 Å². The maximum absolute atomic E-state index is 13.1. The molecule has 110 valence electrons. The molecule has 1 aromatic carbocycles. The fourth-order valence-electron chi connectivity index (χ4n) is 3.66. The van der Waals surface area contributed by atoms with Crippen molar-refractivity contribution in [3.05, 3.63) is 35.6 Å². The normalized spacial score (nSPS) is 30.4. The Morgan fingerprint density at radius 2 is 1.85 bits per heavy atom. The zero-order chi connectivity index (χ0) is 13.9. The number of halogens is 1. The Morgan fingerprint density at radius 1 is 1.10 bits per heavy atom. The van der Waals surface area contributed by atoms with Gasteiger partial charge >= 0.3 is 0 Å². The Bertz CT molecular complexity index is 424. The minimum absolute atomic E-state index is 0.121. The molecule has 1 aromatic rings. The second-order valence-corrected chi connectivity index (χ2v) is 6.69. The van der Waals surface area contributed by atoms with Crippen molar-refractivity contribution in [1.82, 2.24) is 5.32 Å². The quantitative estimate of drug-likeness (QED) is 0.835. The smallest absolute Gasteiger partial charge is 0.123 e. The molecule has 0 bridgehead atoms. The van der Waals surface area contributed by atoms with E-state index >= 15 is 0 Å². The number of benzene rings is 1. The molecule has 20 heavy (non-hydrogen) atoms. The average molecular weight is 275 g/mol. The van der Waals surface area contributed by atoms with E-state index in [4.69, 9.17) is 0 Å². The van der Waals surface area contributed by atoms with Gasteiger partial charge in [0.15, 0.2) is 0 Å². The molecule has 2 heteroatoms. The molecule has 2 fully saturated rings. The third kappa shape index (κ3) is 3.41. The Balaban J connectivity index is 1.70. The van der Waals surface area contributed by atoms with Crippen molar-refractivity contribution in [2.45, 2.75) is 57.4 Å². The lowest BCUT2D eigenvalue weighted by Gasteiger charge is -2.36. The van der Waals surface area contributed by atoms with Crippen LogP contribution in [0.3, 0.4) is 0 Å². The lowest BCUT2D eigenvalue weighted by atomic mass is 9.70. The van der Waals surface area contributed by atoms with Crippen LogP contribution in [0, 0.1) is 17.7 Å². The first-order chi connectivity index (χ1) is 9.76. The van der Waals surface area contributed by atoms with E-state index in [1.165, 1.54) is 44.1 Å². The Hall–Kier alpha value is -0.890. The minimum atomic E-state index is -0.121. The summed E-state index contributed by atoms with van der Waals surface area (Å²) in [6, 6.07) is 8.03. The predicted octanol–water partition coefficient (Wildman–Crippen LogP) is 4.49. The van der Waals surface area contributed by atoms with Crippen LogP contribution < -0.4 is 5.32 Å². The second-order valence-electron chi connectivity index (χ2n) is 6.69. The van der Waals surface area contributed by atoms with Gasteiger partial charge in [0.05, 0.1) is 0 Å². The Labute approximate surface area is 122 Å². The van der Waals surface area contributed by atoms with Crippen molar-refractivity contribution in [2.75, 3.05) is 6.54 Å². The summed E-state index contributed by atoms with van der Waals surface area (Å²) in [7, 11) is 0. The highest BCUT2D eigenvalue weighted by molar-refractivity contribution is 5.22. The van der Waals surface area contributed by atoms with Crippen LogP contribution in [0.5, 0.6) is 0 Å². The summed E-state index contributed by atoms with van der Waals surface area (Å²) >= 11 is 0. The molecule has 2 aliphatic rings. The van der Waals surface area contributed by atoms with Crippen LogP contribution in [0.25, 0.3) is 0 Å². The minimum Gasteiger partial charge on any atom is -0.314 e. The van der Waals surface area contributed by atoms with E-state index in [1.54, 1.807) is 12.1 Å². The standard InChI is InChI=1S/C18H26FN/c1-2-13-3-4-15(12-20-17-9-10-17)18(11-13)14-5-7-16(19)8-6-14/h5-8,13,15,17-18,20H,2-4,9-12H2,1H3. The zero-order valence-corrected chi connectivity index (χ0v) is 12.4. The van der Waals surface area contributed by atoms with Crippen molar-refractivity contribution in [1.29, 1.82) is 0 Å². The van der Waals surface area contributed by atoms with E-state index in [2.05, 4.69) is 12.2 Å². The summed E-state index contributed by atoms with van der Waals surface area (Å²) in [6.45, 7) is 3.44. The predicted molar refractivity (Wildman–Crippen MR) is 81.3 cm³/mol. The second kappa shape index (κ2) is 6.26. The van der Waals surface area contributed by atoms with Gasteiger partial charge in [0.2, 0.25) is 0 Å². The fourth-order valence-corrected chi connectivity index (χ4v) is 3.66. The SMILES string of the molecule is CCC1CCC(CNC2CC2)C(c2ccc(F)cc2)C1. The van der Waals surface area contributed by atoms with E-state index < -0.39 is 0 Å². The first-order valence-electron chi connectivity index (χ1n) is 8.25. The van der Waals surface area contributed by atoms with Gasteiger partial charge in [-0.25, -0.2) is 4.39 Å². The first-order valence-corrected chi connectivity index (χ1v) is 8.25. The number of nitrogens with one attached hydrogen (secondary N) is 1. The third-order valence-corrected chi connectivity index (χ3v) is 5.22. The molecule has 0 aromatic heterocycles. The maximum atomic E-state index is 13.1. The molecular weight excluding hydrogens is 249 g/mol. The van der Waals surface area contributed by atoms with E-state index in [-0.39, 0.29) is 5.82 Å². The lowest BCUT2D eigenvalue weighted by Crippen LogP contribution is -2.33. The molecule has 3 atom stereocenters. The molecule has 0 radical (unpaired) electrons. The number of rotatable bonds is 5. The number of hydrogen-bond acceptors (Lipinski definition) is 1. The van der Waals surface area contributed by atoms with Gasteiger partial charge in [0.25, 0.3) is 0 Å². The van der Waals surface area contributed by atoms with Gasteiger partial charge in [0.1, 0.15) is 5.82 Å². The molecule has 3 rings (SSSR count). The first kappa shape index (κ1) is 14.1. The Kier molecular flexibility index (Phi) is 4.40. The third-order valence-electron chi connectivity index (χ3n) is 5.22. The Morgan fingerprint density at radius 3 is 2.50 bits per heavy atom. The van der Waals surface area contributed by atoms with Gasteiger partial charge in [-0.2, -0.15) is 0 Å².